The highest BCUT2D eigenvalue weighted by Gasteiger charge is 2.40. The highest BCUT2D eigenvalue weighted by Crippen LogP contribution is 2.54. The van der Waals surface area contributed by atoms with E-state index < -0.39 is 0 Å². The zero-order chi connectivity index (χ0) is 45.3. The summed E-state index contributed by atoms with van der Waals surface area (Å²) in [4.78, 5) is 2.51. The number of anilines is 5. The van der Waals surface area contributed by atoms with E-state index >= 15 is 0 Å². The maximum atomic E-state index is 6.63. The molecular weight excluding hydrogens is 803 g/mol. The van der Waals surface area contributed by atoms with Crippen molar-refractivity contribution < 1.29 is 9.47 Å². The van der Waals surface area contributed by atoms with E-state index in [0.29, 0.717) is 11.5 Å². The standard InChI is InChI=1S/C61H54BN2O2/c1-36-28-44(43-31-42-41-18-12-13-19-45(41)61(7,8)46(42)32-50(43)63-40-24-22-39(23-25-40)38-16-10-9-11-17-38)58-53(29-36)64(51-33-48-47(30-37(51)2)59(3,4)26-27-60(48,5)6)52-35-57-56(34-49(52)62-58)65-54-20-14-15-21-55(54)66-57/h9-25,28-35,63H,26-27H2,1-8H3. The second kappa shape index (κ2) is 14.5. The van der Waals surface area contributed by atoms with Gasteiger partial charge in [-0.15, -0.1) is 0 Å². The molecule has 0 atom stereocenters. The van der Waals surface area contributed by atoms with Crippen LogP contribution in [0.4, 0.5) is 28.4 Å². The van der Waals surface area contributed by atoms with E-state index in [0.717, 1.165) is 57.2 Å². The smallest absolute Gasteiger partial charge is 0.198 e. The molecule has 2 heterocycles. The van der Waals surface area contributed by atoms with Gasteiger partial charge in [-0.3, -0.25) is 0 Å². The monoisotopic (exact) mass is 857 g/mol. The Balaban J connectivity index is 1.09. The van der Waals surface area contributed by atoms with Gasteiger partial charge in [-0.25, -0.2) is 0 Å². The Morgan fingerprint density at radius 2 is 1.12 bits per heavy atom. The van der Waals surface area contributed by atoms with Gasteiger partial charge in [-0.1, -0.05) is 138 Å². The van der Waals surface area contributed by atoms with Crippen LogP contribution in [-0.4, -0.2) is 7.28 Å². The topological polar surface area (TPSA) is 33.7 Å². The minimum atomic E-state index is -0.169. The third-order valence-corrected chi connectivity index (χ3v) is 15.2. The van der Waals surface area contributed by atoms with Crippen LogP contribution in [0.15, 0.2) is 152 Å². The molecule has 0 bridgehead atoms. The Bertz CT molecular complexity index is 3310. The zero-order valence-electron chi connectivity index (χ0n) is 39.2. The molecule has 66 heavy (non-hydrogen) atoms. The van der Waals surface area contributed by atoms with Crippen LogP contribution < -0.4 is 30.6 Å². The fourth-order valence-electron chi connectivity index (χ4n) is 11.3. The molecule has 2 aliphatic heterocycles. The van der Waals surface area contributed by atoms with Crippen molar-refractivity contribution in [3.63, 3.8) is 0 Å². The maximum absolute atomic E-state index is 6.63. The Morgan fingerprint density at radius 3 is 1.85 bits per heavy atom. The second-order valence-corrected chi connectivity index (χ2v) is 20.9. The molecule has 0 saturated carbocycles. The molecule has 0 amide bonds. The van der Waals surface area contributed by atoms with Gasteiger partial charge in [0.1, 0.15) is 0 Å². The summed E-state index contributed by atoms with van der Waals surface area (Å²) < 4.78 is 13.2. The van der Waals surface area contributed by atoms with Crippen LogP contribution in [0.2, 0.25) is 0 Å². The highest BCUT2D eigenvalue weighted by atomic mass is 16.6. The summed E-state index contributed by atoms with van der Waals surface area (Å²) in [5.41, 5.74) is 23.0. The third-order valence-electron chi connectivity index (χ3n) is 15.2. The van der Waals surface area contributed by atoms with E-state index in [2.05, 4.69) is 200 Å². The number of aryl methyl sites for hydroxylation is 2. The number of benzene rings is 8. The fraction of sp³-hybridized carbons (Fsp3) is 0.213. The van der Waals surface area contributed by atoms with E-state index in [1.807, 2.05) is 24.3 Å². The summed E-state index contributed by atoms with van der Waals surface area (Å²) in [5.74, 6) is 2.87. The molecule has 1 N–H and O–H groups in total. The lowest BCUT2D eigenvalue weighted by molar-refractivity contribution is 0.332. The van der Waals surface area contributed by atoms with Gasteiger partial charge in [-0.05, 0) is 159 Å². The van der Waals surface area contributed by atoms with Gasteiger partial charge in [0.25, 0.3) is 0 Å². The van der Waals surface area contributed by atoms with E-state index in [9.17, 15) is 0 Å². The first-order chi connectivity index (χ1) is 31.7. The largest absolute Gasteiger partial charge is 0.450 e. The summed E-state index contributed by atoms with van der Waals surface area (Å²) in [5, 5.41) is 3.98. The summed E-state index contributed by atoms with van der Waals surface area (Å²) >= 11 is 0. The highest BCUT2D eigenvalue weighted by molar-refractivity contribution is 6.73. The van der Waals surface area contributed by atoms with E-state index in [1.54, 1.807) is 0 Å². The van der Waals surface area contributed by atoms with Crippen LogP contribution >= 0.6 is 0 Å². The lowest BCUT2D eigenvalue weighted by Crippen LogP contribution is -2.41. The van der Waals surface area contributed by atoms with Crippen molar-refractivity contribution in [2.75, 3.05) is 10.2 Å². The molecule has 0 spiro atoms. The van der Waals surface area contributed by atoms with Gasteiger partial charge in [0, 0.05) is 45.5 Å². The van der Waals surface area contributed by atoms with Gasteiger partial charge >= 0.3 is 0 Å². The van der Waals surface area contributed by atoms with E-state index in [-0.39, 0.29) is 16.2 Å². The summed E-state index contributed by atoms with van der Waals surface area (Å²) in [6.07, 6.45) is 2.31. The Labute approximate surface area is 390 Å². The molecule has 0 aromatic heterocycles. The first-order valence-electron chi connectivity index (χ1n) is 23.5. The molecule has 2 aliphatic carbocycles. The predicted molar refractivity (Wildman–Crippen MR) is 276 cm³/mol. The third kappa shape index (κ3) is 6.34. The summed E-state index contributed by atoms with van der Waals surface area (Å²) in [6, 6.07) is 55.3. The van der Waals surface area contributed by atoms with E-state index in [4.69, 9.17) is 9.47 Å². The number of rotatable bonds is 5. The maximum Gasteiger partial charge on any atom is 0.198 e. The molecule has 12 rings (SSSR count). The Kier molecular flexibility index (Phi) is 8.91. The molecule has 1 radical (unpaired) electrons. The first kappa shape index (κ1) is 40.5. The number of nitrogens with zero attached hydrogens (tertiary/aromatic N) is 1. The van der Waals surface area contributed by atoms with E-state index in [1.165, 1.54) is 73.3 Å². The van der Waals surface area contributed by atoms with Crippen LogP contribution in [-0.2, 0) is 16.2 Å². The number of fused-ring (bicyclic) bond motifs is 8. The van der Waals surface area contributed by atoms with Crippen molar-refractivity contribution >= 4 is 46.6 Å². The lowest BCUT2D eigenvalue weighted by atomic mass is 9.57. The molecule has 0 unspecified atom stereocenters. The quantitative estimate of drug-likeness (QED) is 0.175. The number of hydrogen-bond donors (Lipinski definition) is 1. The summed E-state index contributed by atoms with van der Waals surface area (Å²) in [6.45, 7) is 18.9. The first-order valence-corrected chi connectivity index (χ1v) is 23.5. The van der Waals surface area contributed by atoms with Gasteiger partial charge in [-0.2, -0.15) is 0 Å². The average molecular weight is 858 g/mol. The Hall–Kier alpha value is -6.98. The van der Waals surface area contributed by atoms with Crippen LogP contribution in [0.3, 0.4) is 0 Å². The summed E-state index contributed by atoms with van der Waals surface area (Å²) in [7, 11) is 2.38. The molecule has 4 nitrogen and oxygen atoms in total. The molecule has 4 aliphatic rings. The van der Waals surface area contributed by atoms with Gasteiger partial charge in [0.05, 0.1) is 0 Å². The number of ether oxygens (including phenoxy) is 2. The van der Waals surface area contributed by atoms with Crippen LogP contribution in [0, 0.1) is 13.8 Å². The second-order valence-electron chi connectivity index (χ2n) is 20.9. The van der Waals surface area contributed by atoms with Crippen molar-refractivity contribution in [3.8, 4) is 56.4 Å². The van der Waals surface area contributed by atoms with Crippen molar-refractivity contribution in [3.05, 3.63) is 185 Å². The molecule has 8 aromatic carbocycles. The zero-order valence-corrected chi connectivity index (χ0v) is 39.2. The van der Waals surface area contributed by atoms with Crippen molar-refractivity contribution in [1.82, 2.24) is 0 Å². The normalized spacial score (nSPS) is 16.2. The average Bonchev–Trinajstić information content (AvgIpc) is 3.53. The minimum absolute atomic E-state index is 0.0313. The van der Waals surface area contributed by atoms with Crippen molar-refractivity contribution in [2.45, 2.75) is 84.5 Å². The van der Waals surface area contributed by atoms with Crippen molar-refractivity contribution in [1.29, 1.82) is 0 Å². The van der Waals surface area contributed by atoms with Crippen LogP contribution in [0.25, 0.3) is 33.4 Å². The SMILES string of the molecule is Cc1cc(-c2cc3c(cc2Nc2ccc(-c4ccccc4)cc2)C(C)(C)c2ccccc2-3)c2c(c1)N(c1cc3c(cc1C)C(C)(C)CCC3(C)C)c1cc3c(cc1[B]2)Oc1ccccc1O3. The molecule has 323 valence electrons. The van der Waals surface area contributed by atoms with Gasteiger partial charge < -0.3 is 19.7 Å². The van der Waals surface area contributed by atoms with Crippen molar-refractivity contribution in [2.24, 2.45) is 0 Å². The van der Waals surface area contributed by atoms with Crippen LogP contribution in [0.5, 0.6) is 23.0 Å². The lowest BCUT2D eigenvalue weighted by Gasteiger charge is -2.44. The number of hydrogen-bond acceptors (Lipinski definition) is 4. The van der Waals surface area contributed by atoms with Crippen LogP contribution in [0.1, 0.15) is 87.8 Å². The van der Waals surface area contributed by atoms with Gasteiger partial charge in [0.15, 0.2) is 30.3 Å². The molecule has 8 aromatic rings. The Morgan fingerprint density at radius 1 is 0.485 bits per heavy atom. The molecule has 5 heteroatoms. The molecule has 0 fully saturated rings. The minimum Gasteiger partial charge on any atom is -0.450 e. The number of nitrogens with one attached hydrogen (secondary N) is 1. The number of para-hydroxylation sites is 2. The predicted octanol–water partition coefficient (Wildman–Crippen LogP) is 15.4. The molecular formula is C61H54BN2O2. The van der Waals surface area contributed by atoms with Gasteiger partial charge in [0.2, 0.25) is 0 Å². The molecule has 0 saturated heterocycles. The fourth-order valence-corrected chi connectivity index (χ4v) is 11.3.